The van der Waals surface area contributed by atoms with Gasteiger partial charge in [-0.15, -0.1) is 0 Å². The third-order valence-corrected chi connectivity index (χ3v) is 6.26. The fourth-order valence-corrected chi connectivity index (χ4v) is 5.01. The molecular weight excluding hydrogens is 440 g/mol. The van der Waals surface area contributed by atoms with Crippen molar-refractivity contribution in [2.45, 2.75) is 17.9 Å². The van der Waals surface area contributed by atoms with Crippen molar-refractivity contribution in [1.82, 2.24) is 9.62 Å². The van der Waals surface area contributed by atoms with Crippen LogP contribution in [0.25, 0.3) is 0 Å². The Hall–Kier alpha value is -1.12. The molecule has 0 saturated heterocycles. The number of aryl methyl sites for hydroxylation is 1. The van der Waals surface area contributed by atoms with E-state index >= 15 is 0 Å². The number of nitrogens with zero attached hydrogens (tertiary/aromatic N) is 1. The Morgan fingerprint density at radius 2 is 1.85 bits per heavy atom. The molecule has 0 bridgehead atoms. The van der Waals surface area contributed by atoms with E-state index in [9.17, 15) is 8.42 Å². The maximum atomic E-state index is 12.8. The van der Waals surface area contributed by atoms with E-state index in [2.05, 4.69) is 20.7 Å². The Kier molecular flexibility index (Phi) is 7.10. The summed E-state index contributed by atoms with van der Waals surface area (Å²) >= 11 is 9.31. The monoisotopic (exact) mass is 460 g/mol. The molecule has 5 nitrogen and oxygen atoms in total. The van der Waals surface area contributed by atoms with Crippen LogP contribution in [0.5, 0.6) is 5.75 Å². The van der Waals surface area contributed by atoms with Crippen LogP contribution in [0.15, 0.2) is 45.8 Å². The van der Waals surface area contributed by atoms with Gasteiger partial charge in [-0.1, -0.05) is 41.4 Å². The van der Waals surface area contributed by atoms with Gasteiger partial charge >= 0.3 is 0 Å². The van der Waals surface area contributed by atoms with Crippen molar-refractivity contribution >= 4 is 37.6 Å². The quantitative estimate of drug-likeness (QED) is 0.677. The molecule has 1 unspecified atom stereocenters. The summed E-state index contributed by atoms with van der Waals surface area (Å²) in [4.78, 5) is 1.97. The van der Waals surface area contributed by atoms with Crippen molar-refractivity contribution in [2.24, 2.45) is 0 Å². The van der Waals surface area contributed by atoms with Gasteiger partial charge in [0.25, 0.3) is 0 Å². The van der Waals surface area contributed by atoms with Crippen molar-refractivity contribution in [3.8, 4) is 5.75 Å². The minimum atomic E-state index is -3.81. The number of ether oxygens (including phenoxy) is 1. The van der Waals surface area contributed by atoms with Crippen LogP contribution in [0.1, 0.15) is 17.2 Å². The predicted octanol–water partition coefficient (Wildman–Crippen LogP) is 4.00. The second kappa shape index (κ2) is 8.71. The van der Waals surface area contributed by atoms with Crippen LogP contribution in [0.3, 0.4) is 0 Å². The van der Waals surface area contributed by atoms with Gasteiger partial charge in [-0.25, -0.2) is 13.1 Å². The number of sulfonamides is 1. The molecule has 2 aromatic rings. The minimum absolute atomic E-state index is 0.000729. The molecule has 2 aromatic carbocycles. The van der Waals surface area contributed by atoms with Gasteiger partial charge in [0.05, 0.1) is 11.6 Å². The summed E-state index contributed by atoms with van der Waals surface area (Å²) in [7, 11) is 1.43. The molecule has 1 atom stereocenters. The highest BCUT2D eigenvalue weighted by Crippen LogP contribution is 2.35. The van der Waals surface area contributed by atoms with Crippen molar-refractivity contribution in [2.75, 3.05) is 27.7 Å². The first-order chi connectivity index (χ1) is 12.2. The third-order valence-electron chi connectivity index (χ3n) is 4.02. The van der Waals surface area contributed by atoms with E-state index in [0.29, 0.717) is 9.50 Å². The lowest BCUT2D eigenvalue weighted by Crippen LogP contribution is -2.34. The molecule has 0 aliphatic rings. The number of rotatable bonds is 7. The van der Waals surface area contributed by atoms with Gasteiger partial charge < -0.3 is 9.64 Å². The molecule has 0 aromatic heterocycles. The molecule has 0 spiro atoms. The van der Waals surface area contributed by atoms with E-state index < -0.39 is 10.0 Å². The minimum Gasteiger partial charge on any atom is -0.494 e. The average molecular weight is 462 g/mol. The lowest BCUT2D eigenvalue weighted by molar-refractivity contribution is 0.299. The molecule has 142 valence electrons. The molecule has 0 aliphatic carbocycles. The number of methoxy groups -OCH3 is 1. The van der Waals surface area contributed by atoms with Crippen LogP contribution in [-0.2, 0) is 10.0 Å². The SMILES string of the molecule is COc1c(Br)cc(Cl)cc1S(=O)(=O)NCC(c1ccc(C)cc1)N(C)C. The summed E-state index contributed by atoms with van der Waals surface area (Å²) in [5, 5.41) is 0.306. The first kappa shape index (κ1) is 21.2. The summed E-state index contributed by atoms with van der Waals surface area (Å²) in [5.74, 6) is 0.221. The zero-order chi connectivity index (χ0) is 19.5. The summed E-state index contributed by atoms with van der Waals surface area (Å²) < 4.78 is 34.1. The Bertz CT molecular complexity index is 871. The molecule has 8 heteroatoms. The summed E-state index contributed by atoms with van der Waals surface area (Å²) in [6.45, 7) is 2.23. The Labute approximate surface area is 168 Å². The van der Waals surface area contributed by atoms with E-state index in [1.165, 1.54) is 13.2 Å². The van der Waals surface area contributed by atoms with Crippen molar-refractivity contribution in [3.05, 3.63) is 57.0 Å². The van der Waals surface area contributed by atoms with Gasteiger partial charge in [0.1, 0.15) is 4.90 Å². The van der Waals surface area contributed by atoms with Gasteiger partial charge in [-0.3, -0.25) is 0 Å². The average Bonchev–Trinajstić information content (AvgIpc) is 2.55. The molecule has 1 N–H and O–H groups in total. The maximum absolute atomic E-state index is 12.8. The smallest absolute Gasteiger partial charge is 0.244 e. The molecule has 0 aliphatic heterocycles. The second-order valence-electron chi connectivity index (χ2n) is 6.16. The standard InChI is InChI=1S/C18H22BrClN2O3S/c1-12-5-7-13(8-6-12)16(22(2)3)11-21-26(23,24)17-10-14(20)9-15(19)18(17)25-4/h5-10,16,21H,11H2,1-4H3. The lowest BCUT2D eigenvalue weighted by Gasteiger charge is -2.25. The van der Waals surface area contributed by atoms with Crippen LogP contribution >= 0.6 is 27.5 Å². The molecule has 26 heavy (non-hydrogen) atoms. The maximum Gasteiger partial charge on any atom is 0.244 e. The number of halogens is 2. The van der Waals surface area contributed by atoms with Crippen molar-refractivity contribution < 1.29 is 13.2 Å². The lowest BCUT2D eigenvalue weighted by atomic mass is 10.0. The number of hydrogen-bond acceptors (Lipinski definition) is 4. The van der Waals surface area contributed by atoms with E-state index in [1.54, 1.807) is 6.07 Å². The first-order valence-electron chi connectivity index (χ1n) is 7.91. The Morgan fingerprint density at radius 3 is 2.38 bits per heavy atom. The van der Waals surface area contributed by atoms with Gasteiger partial charge in [-0.05, 0) is 54.6 Å². The first-order valence-corrected chi connectivity index (χ1v) is 10.6. The Morgan fingerprint density at radius 1 is 1.23 bits per heavy atom. The van der Waals surface area contributed by atoms with E-state index in [1.807, 2.05) is 50.2 Å². The largest absolute Gasteiger partial charge is 0.494 e. The summed E-state index contributed by atoms with van der Waals surface area (Å²) in [6.07, 6.45) is 0. The van der Waals surface area contributed by atoms with Gasteiger partial charge in [0, 0.05) is 17.6 Å². The van der Waals surface area contributed by atoms with Crippen LogP contribution in [-0.4, -0.2) is 41.1 Å². The summed E-state index contributed by atoms with van der Waals surface area (Å²) in [5.41, 5.74) is 2.18. The van der Waals surface area contributed by atoms with Gasteiger partial charge in [-0.2, -0.15) is 0 Å². The highest BCUT2D eigenvalue weighted by Gasteiger charge is 2.24. The van der Waals surface area contributed by atoms with Crippen LogP contribution in [0.4, 0.5) is 0 Å². The molecule has 0 heterocycles. The summed E-state index contributed by atoms with van der Waals surface area (Å²) in [6, 6.07) is 10.9. The molecule has 0 radical (unpaired) electrons. The molecule has 0 saturated carbocycles. The number of nitrogens with one attached hydrogen (secondary N) is 1. The van der Waals surface area contributed by atoms with Crippen LogP contribution in [0.2, 0.25) is 5.02 Å². The highest BCUT2D eigenvalue weighted by molar-refractivity contribution is 9.10. The molecular formula is C18H22BrClN2O3S. The third kappa shape index (κ3) is 4.98. The van der Waals surface area contributed by atoms with E-state index in [0.717, 1.165) is 11.1 Å². The predicted molar refractivity (Wildman–Crippen MR) is 108 cm³/mol. The van der Waals surface area contributed by atoms with E-state index in [-0.39, 0.29) is 23.2 Å². The number of benzene rings is 2. The number of likely N-dealkylation sites (N-methyl/N-ethyl adjacent to an activating group) is 1. The second-order valence-corrected chi connectivity index (χ2v) is 9.19. The normalized spacial score (nSPS) is 13.0. The fourth-order valence-electron chi connectivity index (χ4n) is 2.59. The zero-order valence-corrected chi connectivity index (χ0v) is 18.2. The van der Waals surface area contributed by atoms with Gasteiger partial charge in [0.15, 0.2) is 5.75 Å². The fraction of sp³-hybridized carbons (Fsp3) is 0.333. The highest BCUT2D eigenvalue weighted by atomic mass is 79.9. The van der Waals surface area contributed by atoms with Gasteiger partial charge in [0.2, 0.25) is 10.0 Å². The van der Waals surface area contributed by atoms with E-state index in [4.69, 9.17) is 16.3 Å². The molecule has 2 rings (SSSR count). The van der Waals surface area contributed by atoms with Crippen LogP contribution in [0, 0.1) is 6.92 Å². The zero-order valence-electron chi connectivity index (χ0n) is 15.1. The number of hydrogen-bond donors (Lipinski definition) is 1. The topological polar surface area (TPSA) is 58.6 Å². The van der Waals surface area contributed by atoms with Crippen LogP contribution < -0.4 is 9.46 Å². The molecule has 0 fully saturated rings. The Balaban J connectivity index is 2.30. The molecule has 0 amide bonds. The van der Waals surface area contributed by atoms with Crippen molar-refractivity contribution in [1.29, 1.82) is 0 Å². The van der Waals surface area contributed by atoms with Crippen molar-refractivity contribution in [3.63, 3.8) is 0 Å².